The number of amides is 1. The van der Waals surface area contributed by atoms with Gasteiger partial charge in [0, 0.05) is 18.6 Å². The van der Waals surface area contributed by atoms with E-state index in [1.54, 1.807) is 10.9 Å². The molecular weight excluding hydrogens is 406 g/mol. The van der Waals surface area contributed by atoms with E-state index in [9.17, 15) is 4.79 Å². The maximum Gasteiger partial charge on any atom is 0.248 e. The van der Waals surface area contributed by atoms with Gasteiger partial charge in [-0.1, -0.05) is 13.8 Å². The minimum atomic E-state index is -0.450. The van der Waals surface area contributed by atoms with Gasteiger partial charge in [0.1, 0.15) is 22.8 Å². The summed E-state index contributed by atoms with van der Waals surface area (Å²) in [5, 5.41) is 13.6. The number of anilines is 2. The van der Waals surface area contributed by atoms with E-state index < -0.39 is 6.04 Å². The van der Waals surface area contributed by atoms with Crippen molar-refractivity contribution in [1.82, 2.24) is 24.7 Å². The molecule has 0 aliphatic rings. The molecule has 0 saturated carbocycles. The van der Waals surface area contributed by atoms with Crippen molar-refractivity contribution in [2.45, 2.75) is 26.3 Å². The summed E-state index contributed by atoms with van der Waals surface area (Å²) in [6, 6.07) is -0.450. The van der Waals surface area contributed by atoms with E-state index in [0.717, 1.165) is 5.39 Å². The molecule has 0 aliphatic heterocycles. The van der Waals surface area contributed by atoms with E-state index in [-0.39, 0.29) is 5.91 Å². The van der Waals surface area contributed by atoms with Crippen LogP contribution in [0.5, 0.6) is 0 Å². The Labute approximate surface area is 157 Å². The number of nitrogens with one attached hydrogen (secondary N) is 2. The van der Waals surface area contributed by atoms with Crippen LogP contribution in [-0.4, -0.2) is 36.7 Å². The van der Waals surface area contributed by atoms with E-state index in [4.69, 9.17) is 0 Å². The van der Waals surface area contributed by atoms with Crippen LogP contribution in [0, 0.1) is 5.92 Å². The third kappa shape index (κ3) is 3.96. The predicted octanol–water partition coefficient (Wildman–Crippen LogP) is 3.05. The lowest BCUT2D eigenvalue weighted by atomic mass is 10.0. The van der Waals surface area contributed by atoms with Crippen molar-refractivity contribution in [3.05, 3.63) is 22.5 Å². The second kappa shape index (κ2) is 7.44. The van der Waals surface area contributed by atoms with Gasteiger partial charge in [-0.25, -0.2) is 19.6 Å². The summed E-state index contributed by atoms with van der Waals surface area (Å²) in [6.45, 7) is 4.14. The van der Waals surface area contributed by atoms with E-state index in [2.05, 4.69) is 60.5 Å². The molecule has 25 heavy (non-hydrogen) atoms. The van der Waals surface area contributed by atoms with Crippen LogP contribution in [0.25, 0.3) is 11.0 Å². The number of aromatic nitrogens is 5. The van der Waals surface area contributed by atoms with E-state index >= 15 is 0 Å². The van der Waals surface area contributed by atoms with Gasteiger partial charge in [-0.15, -0.1) is 11.3 Å². The standard InChI is InChI=1S/C15H18BrN7OS/c1-8(2)6-9(14(24)21-15-17-4-5-25-15)20-12-10-11(16)22-23(3)13(10)19-7-18-12/h4-5,7-9H,6H2,1-3H3,(H,17,21,24)(H,18,19,20)/t9-/m1/s1. The summed E-state index contributed by atoms with van der Waals surface area (Å²) in [6.07, 6.45) is 3.77. The van der Waals surface area contributed by atoms with E-state index in [1.807, 2.05) is 12.4 Å². The molecular formula is C15H18BrN7OS. The van der Waals surface area contributed by atoms with Crippen LogP contribution in [0.15, 0.2) is 22.5 Å². The highest BCUT2D eigenvalue weighted by molar-refractivity contribution is 9.10. The molecule has 3 aromatic heterocycles. The van der Waals surface area contributed by atoms with Crippen molar-refractivity contribution in [3.63, 3.8) is 0 Å². The molecule has 3 rings (SSSR count). The molecule has 0 fully saturated rings. The Bertz CT molecular complexity index is 878. The molecule has 10 heteroatoms. The van der Waals surface area contributed by atoms with Gasteiger partial charge in [0.15, 0.2) is 10.8 Å². The zero-order valence-corrected chi connectivity index (χ0v) is 16.4. The van der Waals surface area contributed by atoms with Crippen LogP contribution >= 0.6 is 27.3 Å². The molecule has 8 nitrogen and oxygen atoms in total. The smallest absolute Gasteiger partial charge is 0.248 e. The molecule has 132 valence electrons. The zero-order valence-electron chi connectivity index (χ0n) is 14.0. The average molecular weight is 424 g/mol. The first-order chi connectivity index (χ1) is 12.0. The highest BCUT2D eigenvalue weighted by atomic mass is 79.9. The maximum atomic E-state index is 12.7. The third-order valence-electron chi connectivity index (χ3n) is 3.57. The van der Waals surface area contributed by atoms with Crippen LogP contribution in [0.3, 0.4) is 0 Å². The third-order valence-corrected chi connectivity index (χ3v) is 4.82. The number of carbonyl (C=O) groups is 1. The second-order valence-electron chi connectivity index (χ2n) is 5.99. The van der Waals surface area contributed by atoms with E-state index in [0.29, 0.717) is 33.5 Å². The zero-order chi connectivity index (χ0) is 18.0. The molecule has 0 aromatic carbocycles. The Hall–Kier alpha value is -2.07. The van der Waals surface area contributed by atoms with Crippen LogP contribution in [0.4, 0.5) is 10.9 Å². The number of hydrogen-bond acceptors (Lipinski definition) is 7. The summed E-state index contributed by atoms with van der Waals surface area (Å²) in [5.41, 5.74) is 0.688. The number of aryl methyl sites for hydroxylation is 1. The average Bonchev–Trinajstić information content (AvgIpc) is 3.15. The summed E-state index contributed by atoms with van der Waals surface area (Å²) in [4.78, 5) is 25.4. The van der Waals surface area contributed by atoms with Gasteiger partial charge in [0.2, 0.25) is 5.91 Å². The first-order valence-corrected chi connectivity index (χ1v) is 9.43. The van der Waals surface area contributed by atoms with Crippen LogP contribution in [0.2, 0.25) is 0 Å². The predicted molar refractivity (Wildman–Crippen MR) is 102 cm³/mol. The van der Waals surface area contributed by atoms with Crippen molar-refractivity contribution >= 4 is 55.2 Å². The molecule has 0 unspecified atom stereocenters. The molecule has 0 spiro atoms. The Morgan fingerprint density at radius 3 is 2.84 bits per heavy atom. The minimum absolute atomic E-state index is 0.143. The number of halogens is 1. The molecule has 1 atom stereocenters. The van der Waals surface area contributed by atoms with Gasteiger partial charge in [0.25, 0.3) is 0 Å². The van der Waals surface area contributed by atoms with Gasteiger partial charge in [-0.3, -0.25) is 4.79 Å². The fourth-order valence-electron chi connectivity index (χ4n) is 2.50. The number of carbonyl (C=O) groups excluding carboxylic acids is 1. The van der Waals surface area contributed by atoms with Crippen molar-refractivity contribution < 1.29 is 4.79 Å². The fraction of sp³-hybridized carbons (Fsp3) is 0.400. The lowest BCUT2D eigenvalue weighted by Gasteiger charge is -2.20. The lowest BCUT2D eigenvalue weighted by molar-refractivity contribution is -0.117. The Kier molecular flexibility index (Phi) is 5.28. The normalized spacial score (nSPS) is 12.5. The molecule has 0 aliphatic carbocycles. The molecule has 3 heterocycles. The number of fused-ring (bicyclic) bond motifs is 1. The summed E-state index contributed by atoms with van der Waals surface area (Å²) in [5.74, 6) is 0.759. The topological polar surface area (TPSA) is 97.6 Å². The molecule has 0 radical (unpaired) electrons. The van der Waals surface area contributed by atoms with Gasteiger partial charge >= 0.3 is 0 Å². The number of hydrogen-bond donors (Lipinski definition) is 2. The summed E-state index contributed by atoms with van der Waals surface area (Å²) in [7, 11) is 1.81. The van der Waals surface area contributed by atoms with Crippen molar-refractivity contribution in [2.75, 3.05) is 10.6 Å². The van der Waals surface area contributed by atoms with Gasteiger partial charge < -0.3 is 10.6 Å². The largest absolute Gasteiger partial charge is 0.358 e. The number of nitrogens with zero attached hydrogens (tertiary/aromatic N) is 5. The summed E-state index contributed by atoms with van der Waals surface area (Å²) < 4.78 is 2.30. The van der Waals surface area contributed by atoms with Crippen molar-refractivity contribution in [1.29, 1.82) is 0 Å². The highest BCUT2D eigenvalue weighted by Gasteiger charge is 2.23. The van der Waals surface area contributed by atoms with Crippen molar-refractivity contribution in [3.8, 4) is 0 Å². The monoisotopic (exact) mass is 423 g/mol. The quantitative estimate of drug-likeness (QED) is 0.631. The molecule has 0 bridgehead atoms. The van der Waals surface area contributed by atoms with E-state index in [1.165, 1.54) is 17.7 Å². The maximum absolute atomic E-state index is 12.7. The minimum Gasteiger partial charge on any atom is -0.358 e. The molecule has 1 amide bonds. The number of thiazole rings is 1. The molecule has 2 N–H and O–H groups in total. The second-order valence-corrected chi connectivity index (χ2v) is 7.63. The van der Waals surface area contributed by atoms with Crippen LogP contribution in [-0.2, 0) is 11.8 Å². The molecule has 0 saturated heterocycles. The summed E-state index contributed by atoms with van der Waals surface area (Å²) >= 11 is 4.82. The first kappa shape index (κ1) is 17.7. The number of rotatable bonds is 6. The lowest BCUT2D eigenvalue weighted by Crippen LogP contribution is -2.36. The van der Waals surface area contributed by atoms with Gasteiger partial charge in [0.05, 0.1) is 5.39 Å². The SMILES string of the molecule is CC(C)C[C@@H](Nc1ncnc2c1c(Br)nn2C)C(=O)Nc1nccs1. The highest BCUT2D eigenvalue weighted by Crippen LogP contribution is 2.28. The molecule has 3 aromatic rings. The Morgan fingerprint density at radius 2 is 2.16 bits per heavy atom. The van der Waals surface area contributed by atoms with Crippen LogP contribution < -0.4 is 10.6 Å². The Morgan fingerprint density at radius 1 is 1.36 bits per heavy atom. The van der Waals surface area contributed by atoms with Gasteiger partial charge in [-0.2, -0.15) is 5.10 Å². The van der Waals surface area contributed by atoms with Crippen LogP contribution in [0.1, 0.15) is 20.3 Å². The Balaban J connectivity index is 1.89. The first-order valence-electron chi connectivity index (χ1n) is 7.75. The van der Waals surface area contributed by atoms with Gasteiger partial charge in [-0.05, 0) is 28.3 Å². The fourth-order valence-corrected chi connectivity index (χ4v) is 3.63. The van der Waals surface area contributed by atoms with Crippen molar-refractivity contribution in [2.24, 2.45) is 13.0 Å².